The minimum Gasteiger partial charge on any atom is -0.493 e. The zero-order chi connectivity index (χ0) is 28.4. The molecule has 1 spiro atoms. The van der Waals surface area contributed by atoms with Gasteiger partial charge in [-0.15, -0.1) is 0 Å². The van der Waals surface area contributed by atoms with Crippen molar-refractivity contribution in [2.75, 3.05) is 19.7 Å². The second-order valence-corrected chi connectivity index (χ2v) is 15.4. The fourth-order valence-electron chi connectivity index (χ4n) is 5.23. The number of carbonyl (C=O) groups excluding carboxylic acids is 1. The molecule has 4 aliphatic rings. The van der Waals surface area contributed by atoms with Gasteiger partial charge in [0.15, 0.2) is 5.49 Å². The maximum Gasteiger partial charge on any atom is 0.416 e. The number of rotatable bonds is 8. The summed E-state index contributed by atoms with van der Waals surface area (Å²) in [5, 5.41) is -0.457. The highest BCUT2D eigenvalue weighted by molar-refractivity contribution is 8.15. The van der Waals surface area contributed by atoms with Gasteiger partial charge in [0.25, 0.3) is 5.91 Å². The van der Waals surface area contributed by atoms with Crippen molar-refractivity contribution in [3.05, 3.63) is 57.9 Å². The Bertz CT molecular complexity index is 1510. The van der Waals surface area contributed by atoms with E-state index in [1.165, 1.54) is 18.2 Å². The molecule has 2 aromatic rings. The molecule has 2 aromatic carbocycles. The third-order valence-electron chi connectivity index (χ3n) is 7.99. The van der Waals surface area contributed by atoms with Gasteiger partial charge in [-0.05, 0) is 61.4 Å². The van der Waals surface area contributed by atoms with E-state index in [9.17, 15) is 30.8 Å². The van der Waals surface area contributed by atoms with Crippen molar-refractivity contribution in [1.29, 1.82) is 0 Å². The minimum atomic E-state index is -4.44. The first-order valence-corrected chi connectivity index (χ1v) is 16.4. The summed E-state index contributed by atoms with van der Waals surface area (Å²) in [7, 11) is -4.15. The van der Waals surface area contributed by atoms with Crippen LogP contribution in [0, 0.1) is 11.7 Å². The number of quaternary nitrogens is 1. The maximum atomic E-state index is 14.9. The number of hydrogen-bond acceptors (Lipinski definition) is 4. The van der Waals surface area contributed by atoms with Crippen LogP contribution in [0.3, 0.4) is 0 Å². The predicted molar refractivity (Wildman–Crippen MR) is 144 cm³/mol. The normalized spacial score (nSPS) is 26.3. The number of alkyl halides is 3. The number of ether oxygens (including phenoxy) is 1. The molecule has 0 bridgehead atoms. The van der Waals surface area contributed by atoms with Crippen LogP contribution in [-0.2, 0) is 16.2 Å². The zero-order valence-electron chi connectivity index (χ0n) is 21.3. The molecular formula is C27H28ClF4N2O4S2+. The molecular weight excluding hydrogens is 592 g/mol. The summed E-state index contributed by atoms with van der Waals surface area (Å²) in [6.45, 7) is 2.00. The topological polar surface area (TPSA) is 72.5 Å². The summed E-state index contributed by atoms with van der Waals surface area (Å²) in [5.41, 5.74) is 1.80. The highest BCUT2D eigenvalue weighted by Crippen LogP contribution is 2.54. The van der Waals surface area contributed by atoms with Gasteiger partial charge in [0.05, 0.1) is 56.7 Å². The van der Waals surface area contributed by atoms with Crippen LogP contribution < -0.4 is 9.46 Å². The third kappa shape index (κ3) is 5.64. The number of carbonyl (C=O) groups is 1. The summed E-state index contributed by atoms with van der Waals surface area (Å²) in [6, 6.07) is 6.16. The second-order valence-electron chi connectivity index (χ2n) is 11.0. The largest absolute Gasteiger partial charge is 0.493 e. The average Bonchev–Trinajstić information content (AvgIpc) is 3.74. The van der Waals surface area contributed by atoms with Crippen LogP contribution in [0.15, 0.2) is 35.2 Å². The van der Waals surface area contributed by atoms with E-state index < -0.39 is 38.7 Å². The maximum absolute atomic E-state index is 14.9. The molecule has 1 atom stereocenters. The summed E-state index contributed by atoms with van der Waals surface area (Å²) < 4.78 is 87.0. The van der Waals surface area contributed by atoms with Crippen molar-refractivity contribution >= 4 is 43.7 Å². The van der Waals surface area contributed by atoms with Crippen LogP contribution in [-0.4, -0.2) is 48.7 Å². The van der Waals surface area contributed by atoms with Crippen molar-refractivity contribution < 1.29 is 39.4 Å². The number of hydrogen-bond donors (Lipinski definition) is 1. The van der Waals surface area contributed by atoms with E-state index in [0.717, 1.165) is 55.8 Å². The first kappa shape index (κ1) is 28.0. The van der Waals surface area contributed by atoms with Crippen LogP contribution in [0.1, 0.15) is 65.9 Å². The Kier molecular flexibility index (Phi) is 6.99. The van der Waals surface area contributed by atoms with Crippen LogP contribution in [0.4, 0.5) is 17.6 Å². The summed E-state index contributed by atoms with van der Waals surface area (Å²) in [6.07, 6.45) is -0.00942. The molecule has 13 heteroatoms. The second kappa shape index (κ2) is 9.99. The quantitative estimate of drug-likeness (QED) is 0.216. The number of nitrogens with one attached hydrogen (secondary N) is 1. The summed E-state index contributed by atoms with van der Waals surface area (Å²) in [4.78, 5) is 13.3. The van der Waals surface area contributed by atoms with Gasteiger partial charge < -0.3 is 4.74 Å². The molecule has 2 heterocycles. The number of halogens is 5. The lowest BCUT2D eigenvalue weighted by molar-refractivity contribution is -0.675. The van der Waals surface area contributed by atoms with Crippen LogP contribution in [0.2, 0.25) is 5.02 Å². The lowest BCUT2D eigenvalue weighted by Gasteiger charge is -2.30. The molecule has 3 fully saturated rings. The van der Waals surface area contributed by atoms with Gasteiger partial charge in [0.2, 0.25) is 10.0 Å². The van der Waals surface area contributed by atoms with Gasteiger partial charge in [0.1, 0.15) is 11.6 Å². The fourth-order valence-corrected chi connectivity index (χ4v) is 9.18. The molecule has 0 aromatic heterocycles. The van der Waals surface area contributed by atoms with Crippen molar-refractivity contribution in [2.45, 2.75) is 60.8 Å². The molecule has 1 saturated heterocycles. The van der Waals surface area contributed by atoms with E-state index in [1.807, 2.05) is 4.72 Å². The monoisotopic (exact) mass is 619 g/mol. The first-order chi connectivity index (χ1) is 18.9. The molecule has 0 radical (unpaired) electrons. The summed E-state index contributed by atoms with van der Waals surface area (Å²) in [5.74, 6) is -1.05. The number of sulfonamides is 1. The van der Waals surface area contributed by atoms with Crippen molar-refractivity contribution in [3.63, 3.8) is 0 Å². The van der Waals surface area contributed by atoms with E-state index >= 15 is 0 Å². The molecule has 40 heavy (non-hydrogen) atoms. The zero-order valence-corrected chi connectivity index (χ0v) is 23.7. The summed E-state index contributed by atoms with van der Waals surface area (Å²) >= 11 is 6.23. The number of amides is 1. The smallest absolute Gasteiger partial charge is 0.416 e. The van der Waals surface area contributed by atoms with Crippen molar-refractivity contribution in [3.8, 4) is 5.75 Å². The third-order valence-corrected chi connectivity index (χ3v) is 12.7. The lowest BCUT2D eigenvalue weighted by atomic mass is 9.98. The van der Waals surface area contributed by atoms with Gasteiger partial charge in [-0.3, -0.25) is 4.79 Å². The van der Waals surface area contributed by atoms with E-state index in [1.54, 1.807) is 0 Å². The molecule has 6 nitrogen and oxygen atoms in total. The Morgan fingerprint density at radius 2 is 1.77 bits per heavy atom. The molecule has 2 aliphatic heterocycles. The van der Waals surface area contributed by atoms with Crippen LogP contribution >= 0.6 is 22.3 Å². The molecule has 1 unspecified atom stereocenters. The van der Waals surface area contributed by atoms with Crippen molar-refractivity contribution in [1.82, 2.24) is 4.72 Å². The SMILES string of the molecule is O=C(NS(=O)(=O)C1CC1)c1cc(C2CC2)c(OCC2CC[N+]3(C=S3c3ccc(C(F)(F)F)cc3Cl)CC2)cc1F. The molecule has 1 amide bonds. The highest BCUT2D eigenvalue weighted by Gasteiger charge is 2.49. The Morgan fingerprint density at radius 1 is 1.07 bits per heavy atom. The van der Waals surface area contributed by atoms with Gasteiger partial charge >= 0.3 is 6.18 Å². The van der Waals surface area contributed by atoms with Gasteiger partial charge in [0, 0.05) is 24.8 Å². The van der Waals surface area contributed by atoms with E-state index in [-0.39, 0.29) is 33.1 Å². The predicted octanol–water partition coefficient (Wildman–Crippen LogP) is 6.22. The van der Waals surface area contributed by atoms with Gasteiger partial charge in [-0.2, -0.15) is 13.2 Å². The van der Waals surface area contributed by atoms with Crippen molar-refractivity contribution in [2.24, 2.45) is 5.92 Å². The molecule has 2 aliphatic carbocycles. The lowest BCUT2D eigenvalue weighted by Crippen LogP contribution is -2.38. The van der Waals surface area contributed by atoms with E-state index in [4.69, 9.17) is 16.3 Å². The molecule has 6 rings (SSSR count). The van der Waals surface area contributed by atoms with Gasteiger partial charge in [-0.25, -0.2) is 21.4 Å². The Hall–Kier alpha value is -2.15. The fraction of sp³-hybridized carbons (Fsp3) is 0.481. The van der Waals surface area contributed by atoms with Gasteiger partial charge in [-0.1, -0.05) is 11.6 Å². The Labute approximate surface area is 237 Å². The Balaban J connectivity index is 1.07. The molecule has 2 saturated carbocycles. The molecule has 216 valence electrons. The highest BCUT2D eigenvalue weighted by atomic mass is 35.5. The van der Waals surface area contributed by atoms with Crippen LogP contribution in [0.25, 0.3) is 0 Å². The first-order valence-electron chi connectivity index (χ1n) is 13.2. The van der Waals surface area contributed by atoms with E-state index in [2.05, 4.69) is 5.49 Å². The average molecular weight is 620 g/mol. The number of nitrogens with zero attached hydrogens (tertiary/aromatic N) is 1. The molecule has 1 N–H and O–H groups in total. The van der Waals surface area contributed by atoms with Crippen LogP contribution in [0.5, 0.6) is 5.75 Å². The minimum absolute atomic E-state index is 0.131. The standard InChI is InChI=1S/C27H27ClF4N2O4S2/c28-22-11-18(27(30,31)32)3-6-25(22)39-15-34(39)9-7-16(8-10-34)14-38-24-13-23(29)21(12-20(24)17-1-2-17)26(35)33-40(36,37)19-4-5-19/h3,6,11-13,15-17,19H,1-2,4-5,7-10,14H2/p+1. The van der Waals surface area contributed by atoms with E-state index in [0.29, 0.717) is 34.6 Å². The number of piperidine rings is 1. The Morgan fingerprint density at radius 3 is 2.38 bits per heavy atom. The number of benzene rings is 2.